The van der Waals surface area contributed by atoms with Gasteiger partial charge in [0.25, 0.3) is 11.6 Å². The van der Waals surface area contributed by atoms with Gasteiger partial charge in [0.2, 0.25) is 11.7 Å². The zero-order valence-electron chi connectivity index (χ0n) is 16.9. The third-order valence-electron chi connectivity index (χ3n) is 4.87. The molecule has 9 heteroatoms. The third-order valence-corrected chi connectivity index (χ3v) is 4.87. The second-order valence-corrected chi connectivity index (χ2v) is 6.83. The van der Waals surface area contributed by atoms with Crippen LogP contribution in [-0.2, 0) is 0 Å². The van der Waals surface area contributed by atoms with E-state index in [1.165, 1.54) is 12.1 Å². The Morgan fingerprint density at radius 1 is 1.27 bits per heavy atom. The van der Waals surface area contributed by atoms with Gasteiger partial charge in [0.05, 0.1) is 12.0 Å². The van der Waals surface area contributed by atoms with Crippen molar-refractivity contribution in [2.45, 2.75) is 26.3 Å². The van der Waals surface area contributed by atoms with Crippen LogP contribution in [0.3, 0.4) is 0 Å². The highest BCUT2D eigenvalue weighted by Gasteiger charge is 2.27. The maximum Gasteiger partial charge on any atom is 0.270 e. The maximum atomic E-state index is 12.7. The number of hydrogen-bond acceptors (Lipinski definition) is 7. The van der Waals surface area contributed by atoms with Crippen molar-refractivity contribution in [3.8, 4) is 17.1 Å². The minimum Gasteiger partial charge on any atom is -0.497 e. The summed E-state index contributed by atoms with van der Waals surface area (Å²) >= 11 is 0. The molecule has 1 amide bonds. The Labute approximate surface area is 173 Å². The molecule has 0 bridgehead atoms. The van der Waals surface area contributed by atoms with Gasteiger partial charge in [0.1, 0.15) is 11.8 Å². The zero-order valence-corrected chi connectivity index (χ0v) is 16.9. The van der Waals surface area contributed by atoms with Crippen LogP contribution in [0.15, 0.2) is 53.1 Å². The molecule has 0 saturated carbocycles. The second-order valence-electron chi connectivity index (χ2n) is 6.83. The van der Waals surface area contributed by atoms with Gasteiger partial charge in [0.15, 0.2) is 0 Å². The van der Waals surface area contributed by atoms with Gasteiger partial charge in [-0.05, 0) is 30.2 Å². The van der Waals surface area contributed by atoms with E-state index in [9.17, 15) is 14.9 Å². The number of hydrogen-bond donors (Lipinski definition) is 1. The molecule has 1 N–H and O–H groups in total. The predicted octanol–water partition coefficient (Wildman–Crippen LogP) is 4.17. The molecule has 0 radical (unpaired) electrons. The fraction of sp³-hybridized carbons (Fsp3) is 0.286. The van der Waals surface area contributed by atoms with Crippen LogP contribution in [0.25, 0.3) is 11.4 Å². The molecule has 2 atom stereocenters. The number of benzene rings is 2. The van der Waals surface area contributed by atoms with Crippen molar-refractivity contribution in [1.82, 2.24) is 15.5 Å². The van der Waals surface area contributed by atoms with Gasteiger partial charge in [-0.25, -0.2) is 0 Å². The molecule has 0 aliphatic heterocycles. The number of non-ortho nitro benzene ring substituents is 1. The number of rotatable bonds is 8. The summed E-state index contributed by atoms with van der Waals surface area (Å²) in [6, 6.07) is 12.2. The first-order valence-corrected chi connectivity index (χ1v) is 9.46. The van der Waals surface area contributed by atoms with E-state index in [2.05, 4.69) is 15.5 Å². The lowest BCUT2D eigenvalue weighted by Gasteiger charge is -2.20. The van der Waals surface area contributed by atoms with Crippen LogP contribution < -0.4 is 10.1 Å². The summed E-state index contributed by atoms with van der Waals surface area (Å²) in [5.74, 6) is 0.862. The van der Waals surface area contributed by atoms with E-state index in [-0.39, 0.29) is 29.2 Å². The van der Waals surface area contributed by atoms with Crippen LogP contribution in [0.4, 0.5) is 5.69 Å². The van der Waals surface area contributed by atoms with Gasteiger partial charge < -0.3 is 14.6 Å². The largest absolute Gasteiger partial charge is 0.497 e. The Kier molecular flexibility index (Phi) is 6.41. The van der Waals surface area contributed by atoms with Gasteiger partial charge in [-0.15, -0.1) is 0 Å². The molecular weight excluding hydrogens is 388 g/mol. The Balaban J connectivity index is 1.85. The van der Waals surface area contributed by atoms with Crippen LogP contribution in [0.1, 0.15) is 42.6 Å². The van der Waals surface area contributed by atoms with Crippen molar-refractivity contribution in [2.24, 2.45) is 5.92 Å². The minimum absolute atomic E-state index is 0.0191. The van der Waals surface area contributed by atoms with Crippen LogP contribution in [-0.4, -0.2) is 28.1 Å². The average Bonchev–Trinajstić information content (AvgIpc) is 3.27. The van der Waals surface area contributed by atoms with Crippen LogP contribution >= 0.6 is 0 Å². The summed E-state index contributed by atoms with van der Waals surface area (Å²) in [6.45, 7) is 3.96. The molecule has 0 fully saturated rings. The summed E-state index contributed by atoms with van der Waals surface area (Å²) in [5, 5.41) is 17.9. The first-order valence-electron chi connectivity index (χ1n) is 9.46. The number of methoxy groups -OCH3 is 1. The number of amides is 1. The average molecular weight is 410 g/mol. The minimum atomic E-state index is -0.510. The smallest absolute Gasteiger partial charge is 0.270 e. The van der Waals surface area contributed by atoms with Crippen LogP contribution in [0.2, 0.25) is 0 Å². The molecule has 0 saturated heterocycles. The van der Waals surface area contributed by atoms with Gasteiger partial charge in [-0.3, -0.25) is 14.9 Å². The highest BCUT2D eigenvalue weighted by atomic mass is 16.6. The van der Waals surface area contributed by atoms with Gasteiger partial charge in [-0.2, -0.15) is 4.98 Å². The molecule has 2 aromatic carbocycles. The van der Waals surface area contributed by atoms with E-state index in [4.69, 9.17) is 9.26 Å². The standard InChI is InChI=1S/C21H22N4O5/c1-4-13(2)18(22-20(26)14-8-10-17(29-3)11-9-14)21-23-19(24-30-21)15-6-5-7-16(12-15)25(27)28/h5-13,18H,4H2,1-3H3,(H,22,26). The number of aromatic nitrogens is 2. The van der Waals surface area contributed by atoms with E-state index in [0.29, 0.717) is 16.9 Å². The van der Waals surface area contributed by atoms with Crippen molar-refractivity contribution in [3.05, 3.63) is 70.1 Å². The van der Waals surface area contributed by atoms with Crippen molar-refractivity contribution in [3.63, 3.8) is 0 Å². The number of ether oxygens (including phenoxy) is 1. The van der Waals surface area contributed by atoms with E-state index < -0.39 is 11.0 Å². The molecule has 1 heterocycles. The summed E-state index contributed by atoms with van der Waals surface area (Å²) in [5.41, 5.74) is 0.872. The number of nitro benzene ring substituents is 1. The maximum absolute atomic E-state index is 12.7. The quantitative estimate of drug-likeness (QED) is 0.437. The molecular formula is C21H22N4O5. The van der Waals surface area contributed by atoms with Crippen molar-refractivity contribution < 1.29 is 19.0 Å². The van der Waals surface area contributed by atoms with Crippen LogP contribution in [0, 0.1) is 16.0 Å². The number of nitro groups is 1. The molecule has 2 unspecified atom stereocenters. The summed E-state index contributed by atoms with van der Waals surface area (Å²) in [6.07, 6.45) is 0.766. The summed E-state index contributed by atoms with van der Waals surface area (Å²) in [4.78, 5) is 27.6. The van der Waals surface area contributed by atoms with Gasteiger partial charge in [-0.1, -0.05) is 37.6 Å². The Hall–Kier alpha value is -3.75. The molecule has 3 aromatic rings. The fourth-order valence-electron chi connectivity index (χ4n) is 2.89. The Morgan fingerprint density at radius 2 is 2.00 bits per heavy atom. The van der Waals surface area contributed by atoms with Crippen LogP contribution in [0.5, 0.6) is 5.75 Å². The van der Waals surface area contributed by atoms with E-state index in [1.54, 1.807) is 43.5 Å². The number of nitrogens with one attached hydrogen (secondary N) is 1. The van der Waals surface area contributed by atoms with E-state index in [1.807, 2.05) is 13.8 Å². The zero-order chi connectivity index (χ0) is 21.7. The predicted molar refractivity (Wildman–Crippen MR) is 109 cm³/mol. The second kappa shape index (κ2) is 9.17. The van der Waals surface area contributed by atoms with Crippen molar-refractivity contribution in [1.29, 1.82) is 0 Å². The topological polar surface area (TPSA) is 120 Å². The van der Waals surface area contributed by atoms with Gasteiger partial charge in [0, 0.05) is 23.3 Å². The molecule has 0 aliphatic carbocycles. The lowest BCUT2D eigenvalue weighted by atomic mass is 9.98. The number of carbonyl (C=O) groups excluding carboxylic acids is 1. The van der Waals surface area contributed by atoms with E-state index >= 15 is 0 Å². The summed E-state index contributed by atoms with van der Waals surface area (Å²) < 4.78 is 10.5. The first kappa shape index (κ1) is 21.0. The van der Waals surface area contributed by atoms with E-state index in [0.717, 1.165) is 6.42 Å². The normalized spacial score (nSPS) is 12.8. The fourth-order valence-corrected chi connectivity index (χ4v) is 2.89. The Bertz CT molecular complexity index is 1030. The first-order chi connectivity index (χ1) is 14.4. The molecule has 1 aromatic heterocycles. The lowest BCUT2D eigenvalue weighted by Crippen LogP contribution is -2.32. The molecule has 3 rings (SSSR count). The highest BCUT2D eigenvalue weighted by Crippen LogP contribution is 2.27. The number of nitrogens with zero attached hydrogens (tertiary/aromatic N) is 3. The third kappa shape index (κ3) is 4.62. The molecule has 156 valence electrons. The van der Waals surface area contributed by atoms with Gasteiger partial charge >= 0.3 is 0 Å². The van der Waals surface area contributed by atoms with Crippen molar-refractivity contribution in [2.75, 3.05) is 7.11 Å². The summed E-state index contributed by atoms with van der Waals surface area (Å²) in [7, 11) is 1.56. The number of carbonyl (C=O) groups is 1. The lowest BCUT2D eigenvalue weighted by molar-refractivity contribution is -0.384. The highest BCUT2D eigenvalue weighted by molar-refractivity contribution is 5.94. The molecule has 0 aliphatic rings. The molecule has 0 spiro atoms. The van der Waals surface area contributed by atoms with Crippen molar-refractivity contribution >= 4 is 11.6 Å². The SMILES string of the molecule is CCC(C)C(NC(=O)c1ccc(OC)cc1)c1nc(-c2cccc([N+](=O)[O-])c2)no1. The molecule has 30 heavy (non-hydrogen) atoms. The Morgan fingerprint density at radius 3 is 2.63 bits per heavy atom. The molecule has 9 nitrogen and oxygen atoms in total. The monoisotopic (exact) mass is 410 g/mol.